The van der Waals surface area contributed by atoms with E-state index in [-0.39, 0.29) is 35.5 Å². The maximum atomic E-state index is 12.5. The first kappa shape index (κ1) is 13.1. The van der Waals surface area contributed by atoms with Crippen molar-refractivity contribution in [3.63, 3.8) is 0 Å². The number of likely N-dealkylation sites (tertiary alicyclic amines) is 1. The van der Waals surface area contributed by atoms with Gasteiger partial charge in [0.25, 0.3) is 0 Å². The quantitative estimate of drug-likeness (QED) is 0.614. The fourth-order valence-corrected chi connectivity index (χ4v) is 3.78. The number of carbonyl (C=O) groups is 3. The van der Waals surface area contributed by atoms with E-state index < -0.39 is 12.3 Å². The van der Waals surface area contributed by atoms with Crippen LogP contribution >= 0.6 is 0 Å². The monoisotopic (exact) mass is 278 g/mol. The highest BCUT2D eigenvalue weighted by molar-refractivity contribution is 6.06. The molecule has 6 heteroatoms. The molecule has 1 saturated heterocycles. The third-order valence-corrected chi connectivity index (χ3v) is 4.67. The number of amides is 3. The van der Waals surface area contributed by atoms with E-state index in [1.54, 1.807) is 0 Å². The van der Waals surface area contributed by atoms with E-state index in [4.69, 9.17) is 0 Å². The first-order chi connectivity index (χ1) is 9.58. The molecule has 0 unspecified atom stereocenters. The van der Waals surface area contributed by atoms with Crippen molar-refractivity contribution in [2.24, 2.45) is 23.7 Å². The molecule has 1 aliphatic heterocycles. The largest absolute Gasteiger partial charge is 0.453 e. The van der Waals surface area contributed by atoms with Crippen LogP contribution in [0, 0.1) is 23.7 Å². The maximum Gasteiger partial charge on any atom is 0.408 e. The Hall–Kier alpha value is -1.85. The highest BCUT2D eigenvalue weighted by Gasteiger charge is 2.60. The highest BCUT2D eigenvalue weighted by atomic mass is 16.5. The number of hydrogen-bond donors (Lipinski definition) is 1. The van der Waals surface area contributed by atoms with Crippen molar-refractivity contribution in [1.29, 1.82) is 0 Å². The molecule has 0 aromatic carbocycles. The molecular formula is C14H18N2O4. The molecule has 2 aliphatic carbocycles. The maximum absolute atomic E-state index is 12.5. The predicted octanol–water partition coefficient (Wildman–Crippen LogP) is 0.886. The van der Waals surface area contributed by atoms with Gasteiger partial charge in [0.15, 0.2) is 0 Å². The van der Waals surface area contributed by atoms with Crippen LogP contribution in [0.2, 0.25) is 0 Å². The summed E-state index contributed by atoms with van der Waals surface area (Å²) in [4.78, 5) is 37.7. The molecule has 3 amide bonds. The van der Waals surface area contributed by atoms with E-state index in [9.17, 15) is 14.4 Å². The van der Waals surface area contributed by atoms with Crippen LogP contribution in [-0.2, 0) is 14.3 Å². The zero-order valence-electron chi connectivity index (χ0n) is 11.5. The topological polar surface area (TPSA) is 75.7 Å². The summed E-state index contributed by atoms with van der Waals surface area (Å²) < 4.78 is 4.55. The summed E-state index contributed by atoms with van der Waals surface area (Å²) in [6.07, 6.45) is 4.23. The second kappa shape index (κ2) is 4.61. The van der Waals surface area contributed by atoms with Crippen molar-refractivity contribution in [1.82, 2.24) is 10.2 Å². The number of nitrogens with one attached hydrogen (secondary N) is 1. The number of allylic oxidation sites excluding steroid dienone is 2. The van der Waals surface area contributed by atoms with E-state index in [0.717, 1.165) is 6.42 Å². The van der Waals surface area contributed by atoms with Gasteiger partial charge >= 0.3 is 6.09 Å². The lowest BCUT2D eigenvalue weighted by atomic mass is 9.85. The van der Waals surface area contributed by atoms with Crippen molar-refractivity contribution in [2.45, 2.75) is 25.9 Å². The van der Waals surface area contributed by atoms with Crippen molar-refractivity contribution >= 4 is 17.9 Å². The van der Waals surface area contributed by atoms with Gasteiger partial charge in [-0.3, -0.25) is 14.5 Å². The van der Waals surface area contributed by atoms with E-state index in [1.807, 2.05) is 6.92 Å². The van der Waals surface area contributed by atoms with Gasteiger partial charge in [0, 0.05) is 0 Å². The van der Waals surface area contributed by atoms with Gasteiger partial charge in [0.1, 0.15) is 6.17 Å². The Morgan fingerprint density at radius 3 is 2.35 bits per heavy atom. The lowest BCUT2D eigenvalue weighted by Gasteiger charge is -2.27. The Balaban J connectivity index is 1.83. The van der Waals surface area contributed by atoms with Gasteiger partial charge in [-0.1, -0.05) is 19.1 Å². The van der Waals surface area contributed by atoms with Gasteiger partial charge in [-0.2, -0.15) is 0 Å². The molecule has 2 fully saturated rings. The lowest BCUT2D eigenvalue weighted by molar-refractivity contribution is -0.144. The van der Waals surface area contributed by atoms with Gasteiger partial charge in [-0.25, -0.2) is 4.79 Å². The molecule has 1 saturated carbocycles. The molecule has 0 radical (unpaired) electrons. The molecule has 0 spiro atoms. The van der Waals surface area contributed by atoms with Crippen LogP contribution in [0.4, 0.5) is 4.79 Å². The van der Waals surface area contributed by atoms with Crippen molar-refractivity contribution in [3.05, 3.63) is 12.2 Å². The molecular weight excluding hydrogens is 260 g/mol. The van der Waals surface area contributed by atoms with Gasteiger partial charge in [0.05, 0.1) is 18.9 Å². The smallest absolute Gasteiger partial charge is 0.408 e. The van der Waals surface area contributed by atoms with Gasteiger partial charge < -0.3 is 10.1 Å². The van der Waals surface area contributed by atoms with E-state index >= 15 is 0 Å². The van der Waals surface area contributed by atoms with Crippen molar-refractivity contribution in [3.8, 4) is 0 Å². The molecule has 20 heavy (non-hydrogen) atoms. The first-order valence-corrected chi connectivity index (χ1v) is 6.98. The molecule has 1 heterocycles. The number of carbonyl (C=O) groups excluding carboxylic acids is 3. The average molecular weight is 278 g/mol. The number of alkyl carbamates (subject to hydrolysis) is 1. The summed E-state index contributed by atoms with van der Waals surface area (Å²) in [5.74, 6) is -0.402. The second-order valence-electron chi connectivity index (χ2n) is 5.61. The number of methoxy groups -OCH3 is 1. The molecule has 108 valence electrons. The number of hydrogen-bond acceptors (Lipinski definition) is 4. The standard InChI is InChI=1S/C14H18N2O4/c1-3-9(15-14(19)20-2)16-12(17)10-7-4-5-8(6-7)11(10)13(16)18/h4-5,7-11H,3,6H2,1-2H3,(H,15,19)/t7-,8-,9+,10-,11-/m0/s1. The minimum absolute atomic E-state index is 0.153. The van der Waals surface area contributed by atoms with E-state index in [1.165, 1.54) is 12.0 Å². The molecule has 5 atom stereocenters. The van der Waals surface area contributed by atoms with Crippen LogP contribution in [0.3, 0.4) is 0 Å². The third-order valence-electron chi connectivity index (χ3n) is 4.67. The summed E-state index contributed by atoms with van der Waals surface area (Å²) in [5.41, 5.74) is 0. The molecule has 3 aliphatic rings. The Morgan fingerprint density at radius 2 is 1.90 bits per heavy atom. The predicted molar refractivity (Wildman–Crippen MR) is 69.2 cm³/mol. The van der Waals surface area contributed by atoms with Crippen LogP contribution in [0.1, 0.15) is 19.8 Å². The molecule has 0 aromatic rings. The number of imide groups is 1. The molecule has 2 bridgehead atoms. The Morgan fingerprint density at radius 1 is 1.35 bits per heavy atom. The summed E-state index contributed by atoms with van der Waals surface area (Å²) in [6, 6.07) is 0. The SMILES string of the molecule is CC[C@H](NC(=O)OC)N1C(=O)[C@@H]2[C@@H](C1=O)[C@H]1C=C[C@H]2C1. The summed E-state index contributed by atoms with van der Waals surface area (Å²) >= 11 is 0. The number of fused-ring (bicyclic) bond motifs is 5. The molecule has 3 rings (SSSR count). The lowest BCUT2D eigenvalue weighted by Crippen LogP contribution is -2.51. The number of ether oxygens (including phenoxy) is 1. The van der Waals surface area contributed by atoms with Crippen LogP contribution in [0.25, 0.3) is 0 Å². The number of rotatable bonds is 3. The second-order valence-corrected chi connectivity index (χ2v) is 5.61. The van der Waals surface area contributed by atoms with Gasteiger partial charge in [0.2, 0.25) is 11.8 Å². The van der Waals surface area contributed by atoms with Crippen LogP contribution < -0.4 is 5.32 Å². The zero-order valence-corrected chi connectivity index (χ0v) is 11.5. The average Bonchev–Trinajstić information content (AvgIpc) is 3.11. The Bertz CT molecular complexity index is 471. The van der Waals surface area contributed by atoms with E-state index in [0.29, 0.717) is 6.42 Å². The van der Waals surface area contributed by atoms with Crippen LogP contribution in [0.15, 0.2) is 12.2 Å². The van der Waals surface area contributed by atoms with Crippen LogP contribution in [-0.4, -0.2) is 36.1 Å². The summed E-state index contributed by atoms with van der Waals surface area (Å²) in [7, 11) is 1.26. The van der Waals surface area contributed by atoms with Gasteiger partial charge in [-0.15, -0.1) is 0 Å². The number of nitrogens with zero attached hydrogens (tertiary/aromatic N) is 1. The fourth-order valence-electron chi connectivity index (χ4n) is 3.78. The summed E-state index contributed by atoms with van der Waals surface area (Å²) in [6.45, 7) is 1.82. The molecule has 0 aromatic heterocycles. The van der Waals surface area contributed by atoms with Crippen molar-refractivity contribution < 1.29 is 19.1 Å². The minimum atomic E-state index is -0.629. The van der Waals surface area contributed by atoms with Gasteiger partial charge in [-0.05, 0) is 24.7 Å². The first-order valence-electron chi connectivity index (χ1n) is 6.98. The Labute approximate surface area is 117 Å². The molecule has 6 nitrogen and oxygen atoms in total. The normalized spacial score (nSPS) is 35.4. The third kappa shape index (κ3) is 1.67. The minimum Gasteiger partial charge on any atom is -0.453 e. The van der Waals surface area contributed by atoms with Crippen molar-refractivity contribution in [2.75, 3.05) is 7.11 Å². The summed E-state index contributed by atoms with van der Waals surface area (Å²) in [5, 5.41) is 2.56. The molecule has 1 N–H and O–H groups in total. The fraction of sp³-hybridized carbons (Fsp3) is 0.643. The van der Waals surface area contributed by atoms with E-state index in [2.05, 4.69) is 22.2 Å². The zero-order chi connectivity index (χ0) is 14.4. The Kier molecular flexibility index (Phi) is 3.03. The van der Waals surface area contributed by atoms with Crippen LogP contribution in [0.5, 0.6) is 0 Å². The highest BCUT2D eigenvalue weighted by Crippen LogP contribution is 2.52.